The highest BCUT2D eigenvalue weighted by atomic mass is 16.5. The molecule has 1 aromatic rings. The molecule has 19 heavy (non-hydrogen) atoms. The Labute approximate surface area is 116 Å². The maximum atomic E-state index is 5.74. The van der Waals surface area contributed by atoms with Crippen LogP contribution >= 0.6 is 0 Å². The molecule has 0 bridgehead atoms. The van der Waals surface area contributed by atoms with Crippen molar-refractivity contribution in [2.24, 2.45) is 5.92 Å². The van der Waals surface area contributed by atoms with Crippen molar-refractivity contribution in [1.29, 1.82) is 0 Å². The van der Waals surface area contributed by atoms with Gasteiger partial charge in [-0.25, -0.2) is 4.98 Å². The highest BCUT2D eigenvalue weighted by Gasteiger charge is 2.13. The highest BCUT2D eigenvalue weighted by molar-refractivity contribution is 5.52. The summed E-state index contributed by atoms with van der Waals surface area (Å²) in [4.78, 5) is 4.32. The van der Waals surface area contributed by atoms with E-state index in [0.717, 1.165) is 24.0 Å². The molecule has 3 nitrogen and oxygen atoms in total. The summed E-state index contributed by atoms with van der Waals surface area (Å²) in [7, 11) is 0. The molecule has 1 fully saturated rings. The van der Waals surface area contributed by atoms with E-state index >= 15 is 0 Å². The molecule has 0 saturated heterocycles. The number of hydrogen-bond acceptors (Lipinski definition) is 3. The lowest BCUT2D eigenvalue weighted by molar-refractivity contribution is 0.234. The van der Waals surface area contributed by atoms with Crippen LogP contribution in [-0.4, -0.2) is 17.6 Å². The third-order valence-corrected chi connectivity index (χ3v) is 3.67. The zero-order chi connectivity index (χ0) is 13.5. The molecule has 1 saturated carbocycles. The van der Waals surface area contributed by atoms with Crippen LogP contribution in [0.25, 0.3) is 0 Å². The summed E-state index contributed by atoms with van der Waals surface area (Å²) in [6.45, 7) is 5.10. The molecule has 0 unspecified atom stereocenters. The molecular weight excluding hydrogens is 236 g/mol. The maximum absolute atomic E-state index is 5.74. The zero-order valence-electron chi connectivity index (χ0n) is 12.2. The van der Waals surface area contributed by atoms with Crippen molar-refractivity contribution in [1.82, 2.24) is 4.98 Å². The fourth-order valence-corrected chi connectivity index (χ4v) is 2.66. The summed E-state index contributed by atoms with van der Waals surface area (Å²) in [5, 5.41) is 3.53. The zero-order valence-corrected chi connectivity index (χ0v) is 12.2. The van der Waals surface area contributed by atoms with Gasteiger partial charge in [-0.3, -0.25) is 0 Å². The van der Waals surface area contributed by atoms with Gasteiger partial charge in [0, 0.05) is 12.7 Å². The predicted octanol–water partition coefficient (Wildman–Crippen LogP) is 4.25. The van der Waals surface area contributed by atoms with Crippen molar-refractivity contribution in [3.05, 3.63) is 18.3 Å². The van der Waals surface area contributed by atoms with Gasteiger partial charge < -0.3 is 10.1 Å². The molecule has 1 aliphatic rings. The number of pyridine rings is 1. The topological polar surface area (TPSA) is 34.1 Å². The van der Waals surface area contributed by atoms with Crippen molar-refractivity contribution >= 4 is 5.69 Å². The van der Waals surface area contributed by atoms with E-state index in [0.29, 0.717) is 0 Å². The lowest BCUT2D eigenvalue weighted by Crippen LogP contribution is -2.15. The van der Waals surface area contributed by atoms with Crippen LogP contribution in [0.4, 0.5) is 5.69 Å². The molecule has 0 aliphatic heterocycles. The monoisotopic (exact) mass is 262 g/mol. The Bertz CT molecular complexity index is 371. The number of ether oxygens (including phenoxy) is 1. The highest BCUT2D eigenvalue weighted by Crippen LogP contribution is 2.26. The van der Waals surface area contributed by atoms with E-state index < -0.39 is 0 Å². The second kappa shape index (κ2) is 7.37. The van der Waals surface area contributed by atoms with Gasteiger partial charge in [-0.15, -0.1) is 0 Å². The van der Waals surface area contributed by atoms with Gasteiger partial charge in [0.15, 0.2) is 0 Å². The van der Waals surface area contributed by atoms with Crippen molar-refractivity contribution in [3.8, 4) is 5.88 Å². The van der Waals surface area contributed by atoms with Crippen LogP contribution in [-0.2, 0) is 0 Å². The number of hydrogen-bond donors (Lipinski definition) is 1. The van der Waals surface area contributed by atoms with Gasteiger partial charge in [0.05, 0.1) is 11.8 Å². The van der Waals surface area contributed by atoms with Crippen LogP contribution in [0.3, 0.4) is 0 Å². The minimum atomic E-state index is 0.160. The van der Waals surface area contributed by atoms with Crippen LogP contribution in [0.2, 0.25) is 0 Å². The molecule has 0 aromatic carbocycles. The first-order valence-corrected chi connectivity index (χ1v) is 7.61. The molecule has 0 radical (unpaired) electrons. The second-order valence-corrected chi connectivity index (χ2v) is 5.76. The van der Waals surface area contributed by atoms with Crippen LogP contribution in [0.1, 0.15) is 52.4 Å². The Hall–Kier alpha value is -1.25. The first-order chi connectivity index (χ1) is 9.25. The Morgan fingerprint density at radius 3 is 2.68 bits per heavy atom. The average Bonchev–Trinajstić information content (AvgIpc) is 2.65. The van der Waals surface area contributed by atoms with E-state index in [1.807, 2.05) is 19.9 Å². The predicted molar refractivity (Wildman–Crippen MR) is 79.7 cm³/mol. The first-order valence-electron chi connectivity index (χ1n) is 7.61. The van der Waals surface area contributed by atoms with Gasteiger partial charge in [-0.1, -0.05) is 25.7 Å². The number of aromatic nitrogens is 1. The molecule has 0 amide bonds. The van der Waals surface area contributed by atoms with E-state index in [9.17, 15) is 0 Å². The lowest BCUT2D eigenvalue weighted by Gasteiger charge is -2.18. The summed E-state index contributed by atoms with van der Waals surface area (Å²) in [6, 6.07) is 4.02. The Morgan fingerprint density at radius 2 is 2.00 bits per heavy atom. The molecule has 1 aromatic heterocycles. The van der Waals surface area contributed by atoms with E-state index in [2.05, 4.69) is 16.4 Å². The fraction of sp³-hybridized carbons (Fsp3) is 0.688. The molecule has 0 spiro atoms. The third kappa shape index (κ3) is 4.73. The van der Waals surface area contributed by atoms with Gasteiger partial charge in [-0.05, 0) is 44.7 Å². The Kier molecular flexibility index (Phi) is 5.49. The number of rotatable bonds is 5. The molecule has 1 aliphatic carbocycles. The normalized spacial score (nSPS) is 17.2. The van der Waals surface area contributed by atoms with E-state index in [1.165, 1.54) is 38.5 Å². The Balaban J connectivity index is 1.90. The number of nitrogens with one attached hydrogen (secondary N) is 1. The quantitative estimate of drug-likeness (QED) is 0.805. The van der Waals surface area contributed by atoms with Gasteiger partial charge in [0.2, 0.25) is 5.88 Å². The maximum Gasteiger partial charge on any atom is 0.237 e. The van der Waals surface area contributed by atoms with Crippen molar-refractivity contribution in [2.75, 3.05) is 11.9 Å². The lowest BCUT2D eigenvalue weighted by atomic mass is 10.0. The van der Waals surface area contributed by atoms with Gasteiger partial charge in [-0.2, -0.15) is 0 Å². The molecular formula is C16H26N2O. The summed E-state index contributed by atoms with van der Waals surface area (Å²) in [5.74, 6) is 1.53. The van der Waals surface area contributed by atoms with Crippen molar-refractivity contribution < 1.29 is 4.74 Å². The number of nitrogens with zero attached hydrogens (tertiary/aromatic N) is 1. The first kappa shape index (κ1) is 14.2. The standard InChI is InChI=1S/C16H26N2O/c1-13(2)19-16-15(10-7-11-17-16)18-12-14-8-5-3-4-6-9-14/h7,10-11,13-14,18H,3-6,8-9,12H2,1-2H3. The Morgan fingerprint density at radius 1 is 1.26 bits per heavy atom. The van der Waals surface area contributed by atoms with Crippen LogP contribution < -0.4 is 10.1 Å². The van der Waals surface area contributed by atoms with Gasteiger partial charge in [0.1, 0.15) is 0 Å². The largest absolute Gasteiger partial charge is 0.473 e. The van der Waals surface area contributed by atoms with E-state index in [4.69, 9.17) is 4.74 Å². The van der Waals surface area contributed by atoms with Crippen LogP contribution in [0, 0.1) is 5.92 Å². The summed E-state index contributed by atoms with van der Waals surface area (Å²) < 4.78 is 5.74. The van der Waals surface area contributed by atoms with Gasteiger partial charge in [0.25, 0.3) is 0 Å². The minimum Gasteiger partial charge on any atom is -0.473 e. The summed E-state index contributed by atoms with van der Waals surface area (Å²) >= 11 is 0. The SMILES string of the molecule is CC(C)Oc1ncccc1NCC1CCCCCC1. The summed E-state index contributed by atoms with van der Waals surface area (Å²) in [5.41, 5.74) is 1.03. The molecule has 1 N–H and O–H groups in total. The molecule has 0 atom stereocenters. The smallest absolute Gasteiger partial charge is 0.237 e. The van der Waals surface area contributed by atoms with Crippen molar-refractivity contribution in [3.63, 3.8) is 0 Å². The van der Waals surface area contributed by atoms with Gasteiger partial charge >= 0.3 is 0 Å². The molecule has 106 valence electrons. The fourth-order valence-electron chi connectivity index (χ4n) is 2.66. The third-order valence-electron chi connectivity index (χ3n) is 3.67. The summed E-state index contributed by atoms with van der Waals surface area (Å²) in [6.07, 6.45) is 10.2. The van der Waals surface area contributed by atoms with E-state index in [1.54, 1.807) is 6.20 Å². The van der Waals surface area contributed by atoms with Crippen LogP contribution in [0.15, 0.2) is 18.3 Å². The molecule has 3 heteroatoms. The minimum absolute atomic E-state index is 0.160. The molecule has 2 rings (SSSR count). The number of anilines is 1. The van der Waals surface area contributed by atoms with E-state index in [-0.39, 0.29) is 6.10 Å². The van der Waals surface area contributed by atoms with Crippen molar-refractivity contribution in [2.45, 2.75) is 58.5 Å². The molecule has 1 heterocycles. The van der Waals surface area contributed by atoms with Crippen LogP contribution in [0.5, 0.6) is 5.88 Å². The second-order valence-electron chi connectivity index (χ2n) is 5.76. The average molecular weight is 262 g/mol.